The van der Waals surface area contributed by atoms with E-state index in [1.165, 1.54) is 12.0 Å². The summed E-state index contributed by atoms with van der Waals surface area (Å²) in [6, 6.07) is 6.38. The van der Waals surface area contributed by atoms with Gasteiger partial charge < -0.3 is 10.1 Å². The summed E-state index contributed by atoms with van der Waals surface area (Å²) in [5, 5.41) is 4.42. The quantitative estimate of drug-likeness (QED) is 0.833. The first kappa shape index (κ1) is 15.2. The average Bonchev–Trinajstić information content (AvgIpc) is 2.60. The predicted octanol–water partition coefficient (Wildman–Crippen LogP) is 4.97. The third kappa shape index (κ3) is 2.68. The fraction of sp³-hybridized carbons (Fsp3) is 0.667. The standard InChI is InChI=1S/C18H26ClNO/c1-5-20-15-10-18(11-17(3,4)9-12(18)2)21-16-7-6-13(19)8-14(15)16/h6-8,12,15,20H,5,9-11H2,1-4H3. The van der Waals surface area contributed by atoms with E-state index in [1.807, 2.05) is 12.1 Å². The van der Waals surface area contributed by atoms with Crippen molar-refractivity contribution in [1.29, 1.82) is 0 Å². The van der Waals surface area contributed by atoms with Crippen LogP contribution < -0.4 is 10.1 Å². The van der Waals surface area contributed by atoms with Gasteiger partial charge in [0.1, 0.15) is 11.4 Å². The van der Waals surface area contributed by atoms with E-state index in [2.05, 4.69) is 39.1 Å². The van der Waals surface area contributed by atoms with E-state index in [0.29, 0.717) is 17.4 Å². The van der Waals surface area contributed by atoms with Crippen molar-refractivity contribution in [3.8, 4) is 5.75 Å². The Hall–Kier alpha value is -0.730. The van der Waals surface area contributed by atoms with E-state index in [0.717, 1.165) is 30.2 Å². The molecular weight excluding hydrogens is 282 g/mol. The van der Waals surface area contributed by atoms with Crippen molar-refractivity contribution in [3.05, 3.63) is 28.8 Å². The molecule has 2 aliphatic rings. The van der Waals surface area contributed by atoms with Crippen molar-refractivity contribution < 1.29 is 4.74 Å². The molecule has 3 unspecified atom stereocenters. The van der Waals surface area contributed by atoms with Gasteiger partial charge in [0.15, 0.2) is 0 Å². The van der Waals surface area contributed by atoms with Gasteiger partial charge in [-0.1, -0.05) is 39.3 Å². The van der Waals surface area contributed by atoms with Gasteiger partial charge in [0.2, 0.25) is 0 Å². The van der Waals surface area contributed by atoms with E-state index in [-0.39, 0.29) is 5.60 Å². The summed E-state index contributed by atoms with van der Waals surface area (Å²) in [5.41, 5.74) is 1.55. The second-order valence-corrected chi connectivity index (χ2v) is 8.05. The maximum Gasteiger partial charge on any atom is 0.125 e. The summed E-state index contributed by atoms with van der Waals surface area (Å²) >= 11 is 6.18. The normalized spacial score (nSPS) is 33.8. The maximum absolute atomic E-state index is 6.56. The molecule has 116 valence electrons. The lowest BCUT2D eigenvalue weighted by atomic mass is 9.80. The first-order valence-corrected chi connectivity index (χ1v) is 8.45. The number of hydrogen-bond acceptors (Lipinski definition) is 2. The Morgan fingerprint density at radius 1 is 1.33 bits per heavy atom. The maximum atomic E-state index is 6.56. The second-order valence-electron chi connectivity index (χ2n) is 7.61. The van der Waals surface area contributed by atoms with Crippen molar-refractivity contribution in [2.24, 2.45) is 11.3 Å². The number of ether oxygens (including phenoxy) is 1. The minimum Gasteiger partial charge on any atom is -0.487 e. The summed E-state index contributed by atoms with van der Waals surface area (Å²) in [6.07, 6.45) is 3.40. The molecule has 1 N–H and O–H groups in total. The molecule has 0 aromatic heterocycles. The Kier molecular flexibility index (Phi) is 3.74. The molecule has 3 rings (SSSR count). The molecule has 1 aliphatic heterocycles. The van der Waals surface area contributed by atoms with Crippen LogP contribution in [0.1, 0.15) is 58.6 Å². The largest absolute Gasteiger partial charge is 0.487 e. The number of nitrogens with one attached hydrogen (secondary N) is 1. The lowest BCUT2D eigenvalue weighted by Gasteiger charge is -2.43. The molecule has 1 aromatic rings. The molecule has 1 aromatic carbocycles. The van der Waals surface area contributed by atoms with Crippen LogP contribution in [0.5, 0.6) is 5.75 Å². The molecule has 2 nitrogen and oxygen atoms in total. The molecule has 3 heteroatoms. The molecule has 1 saturated carbocycles. The third-order valence-corrected chi connectivity index (χ3v) is 5.43. The van der Waals surface area contributed by atoms with Crippen LogP contribution in [0.4, 0.5) is 0 Å². The smallest absolute Gasteiger partial charge is 0.125 e. The Morgan fingerprint density at radius 3 is 2.71 bits per heavy atom. The Balaban J connectivity index is 2.00. The summed E-state index contributed by atoms with van der Waals surface area (Å²) in [7, 11) is 0. The van der Waals surface area contributed by atoms with E-state index >= 15 is 0 Å². The Labute approximate surface area is 133 Å². The third-order valence-electron chi connectivity index (χ3n) is 5.20. The fourth-order valence-electron chi connectivity index (χ4n) is 4.51. The highest BCUT2D eigenvalue weighted by molar-refractivity contribution is 6.30. The van der Waals surface area contributed by atoms with Crippen LogP contribution in [0.3, 0.4) is 0 Å². The van der Waals surface area contributed by atoms with Gasteiger partial charge in [-0.15, -0.1) is 0 Å². The number of fused-ring (bicyclic) bond motifs is 1. The summed E-state index contributed by atoms with van der Waals surface area (Å²) in [6.45, 7) is 10.2. The van der Waals surface area contributed by atoms with Gasteiger partial charge in [0.25, 0.3) is 0 Å². The van der Waals surface area contributed by atoms with Crippen LogP contribution in [0.15, 0.2) is 18.2 Å². The zero-order valence-corrected chi connectivity index (χ0v) is 14.3. The van der Waals surface area contributed by atoms with Crippen molar-refractivity contribution >= 4 is 11.6 Å². The summed E-state index contributed by atoms with van der Waals surface area (Å²) < 4.78 is 6.56. The van der Waals surface area contributed by atoms with Crippen LogP contribution in [-0.4, -0.2) is 12.1 Å². The molecule has 0 amide bonds. The van der Waals surface area contributed by atoms with Crippen molar-refractivity contribution in [2.45, 2.75) is 58.6 Å². The van der Waals surface area contributed by atoms with Crippen LogP contribution in [-0.2, 0) is 0 Å². The SMILES string of the molecule is CCNC1CC2(CC(C)(C)CC2C)Oc2ccc(Cl)cc21. The first-order valence-electron chi connectivity index (χ1n) is 8.07. The number of hydrogen-bond donors (Lipinski definition) is 1. The van der Waals surface area contributed by atoms with Crippen molar-refractivity contribution in [1.82, 2.24) is 5.32 Å². The number of benzene rings is 1. The van der Waals surface area contributed by atoms with Gasteiger partial charge in [-0.3, -0.25) is 0 Å². The van der Waals surface area contributed by atoms with Crippen LogP contribution >= 0.6 is 11.6 Å². The van der Waals surface area contributed by atoms with E-state index in [1.54, 1.807) is 0 Å². The molecule has 1 aliphatic carbocycles. The monoisotopic (exact) mass is 307 g/mol. The van der Waals surface area contributed by atoms with Crippen LogP contribution in [0.25, 0.3) is 0 Å². The Morgan fingerprint density at radius 2 is 2.10 bits per heavy atom. The van der Waals surface area contributed by atoms with Crippen LogP contribution in [0.2, 0.25) is 5.02 Å². The molecule has 0 bridgehead atoms. The molecule has 0 radical (unpaired) electrons. The molecule has 21 heavy (non-hydrogen) atoms. The molecule has 3 atom stereocenters. The minimum absolute atomic E-state index is 0.0306. The van der Waals surface area contributed by atoms with Gasteiger partial charge in [0, 0.05) is 23.0 Å². The fourth-order valence-corrected chi connectivity index (χ4v) is 4.69. The van der Waals surface area contributed by atoms with Gasteiger partial charge in [-0.05, 0) is 48.9 Å². The highest BCUT2D eigenvalue weighted by atomic mass is 35.5. The van der Waals surface area contributed by atoms with Gasteiger partial charge in [0.05, 0.1) is 0 Å². The molecule has 1 spiro atoms. The average molecular weight is 308 g/mol. The summed E-state index contributed by atoms with van der Waals surface area (Å²) in [5.74, 6) is 1.60. The van der Waals surface area contributed by atoms with Gasteiger partial charge in [-0.2, -0.15) is 0 Å². The first-order chi connectivity index (χ1) is 9.85. The van der Waals surface area contributed by atoms with Gasteiger partial charge >= 0.3 is 0 Å². The molecule has 1 fully saturated rings. The second kappa shape index (κ2) is 5.17. The van der Waals surface area contributed by atoms with Crippen molar-refractivity contribution in [3.63, 3.8) is 0 Å². The molecular formula is C18H26ClNO. The topological polar surface area (TPSA) is 21.3 Å². The van der Waals surface area contributed by atoms with Crippen molar-refractivity contribution in [2.75, 3.05) is 6.54 Å². The van der Waals surface area contributed by atoms with Crippen LogP contribution in [0, 0.1) is 11.3 Å². The van der Waals surface area contributed by atoms with E-state index in [4.69, 9.17) is 16.3 Å². The highest BCUT2D eigenvalue weighted by Crippen LogP contribution is 2.55. The van der Waals surface area contributed by atoms with E-state index in [9.17, 15) is 0 Å². The zero-order valence-electron chi connectivity index (χ0n) is 13.5. The minimum atomic E-state index is -0.0306. The predicted molar refractivity (Wildman–Crippen MR) is 88.0 cm³/mol. The van der Waals surface area contributed by atoms with E-state index < -0.39 is 0 Å². The lowest BCUT2D eigenvalue weighted by molar-refractivity contribution is -0.00267. The number of rotatable bonds is 2. The Bertz CT molecular complexity index is 542. The highest BCUT2D eigenvalue weighted by Gasteiger charge is 2.53. The summed E-state index contributed by atoms with van der Waals surface area (Å²) in [4.78, 5) is 0. The lowest BCUT2D eigenvalue weighted by Crippen LogP contribution is -2.46. The molecule has 0 saturated heterocycles. The number of halogens is 1. The van der Waals surface area contributed by atoms with Gasteiger partial charge in [-0.25, -0.2) is 0 Å². The zero-order chi connectivity index (χ0) is 15.3. The molecule has 1 heterocycles.